The molecule has 4 rings (SSSR count). The third-order valence-corrected chi connectivity index (χ3v) is 5.94. The van der Waals surface area contributed by atoms with Crippen molar-refractivity contribution in [2.24, 2.45) is 5.73 Å². The average Bonchev–Trinajstić information content (AvgIpc) is 3.33. The second-order valence-electron chi connectivity index (χ2n) is 7.43. The second-order valence-corrected chi connectivity index (χ2v) is 8.34. The van der Waals surface area contributed by atoms with Gasteiger partial charge in [-0.3, -0.25) is 4.90 Å². The molecule has 3 aromatic rings. The molecule has 1 aliphatic heterocycles. The number of nitrogens with two attached hydrogens (primary N) is 1. The standard InChI is InChI=1S/C25H20BrN5O4/c1-34-24(32)21-20(15-8-4-3-5-9-15)17(12-27)23(28)31(22(21)25(33)35-2)19-11-7-6-10-18(19)30-14-16(26)13-29-30/h3-11,13-14,20H,28H2,1-2H3. The highest BCUT2D eigenvalue weighted by Crippen LogP contribution is 2.44. The zero-order valence-electron chi connectivity index (χ0n) is 18.8. The summed E-state index contributed by atoms with van der Waals surface area (Å²) < 4.78 is 12.5. The number of rotatable bonds is 5. The van der Waals surface area contributed by atoms with Gasteiger partial charge in [0.05, 0.1) is 59.4 Å². The Morgan fingerprint density at radius 3 is 2.23 bits per heavy atom. The smallest absolute Gasteiger partial charge is 0.355 e. The Labute approximate surface area is 209 Å². The van der Waals surface area contributed by atoms with E-state index in [1.54, 1.807) is 71.7 Å². The summed E-state index contributed by atoms with van der Waals surface area (Å²) in [6, 6.07) is 18.0. The van der Waals surface area contributed by atoms with E-state index in [0.717, 1.165) is 4.47 Å². The van der Waals surface area contributed by atoms with Crippen LogP contribution in [-0.4, -0.2) is 35.9 Å². The highest BCUT2D eigenvalue weighted by atomic mass is 79.9. The summed E-state index contributed by atoms with van der Waals surface area (Å²) in [7, 11) is 2.41. The highest BCUT2D eigenvalue weighted by molar-refractivity contribution is 9.10. The topological polar surface area (TPSA) is 123 Å². The number of benzene rings is 2. The van der Waals surface area contributed by atoms with E-state index < -0.39 is 17.9 Å². The van der Waals surface area contributed by atoms with Crippen LogP contribution in [0.3, 0.4) is 0 Å². The van der Waals surface area contributed by atoms with Crippen LogP contribution in [0.4, 0.5) is 5.69 Å². The molecule has 2 heterocycles. The van der Waals surface area contributed by atoms with E-state index in [1.807, 2.05) is 0 Å². The number of anilines is 1. The fourth-order valence-electron chi connectivity index (χ4n) is 4.04. The first-order valence-electron chi connectivity index (χ1n) is 10.4. The zero-order valence-corrected chi connectivity index (χ0v) is 20.4. The molecule has 0 spiro atoms. The number of methoxy groups -OCH3 is 2. The molecule has 0 saturated carbocycles. The molecule has 35 heavy (non-hydrogen) atoms. The molecule has 9 nitrogen and oxygen atoms in total. The Kier molecular flexibility index (Phi) is 6.71. The fraction of sp³-hybridized carbons (Fsp3) is 0.120. The number of carbonyl (C=O) groups excluding carboxylic acids is 2. The van der Waals surface area contributed by atoms with Crippen molar-refractivity contribution in [3.63, 3.8) is 0 Å². The van der Waals surface area contributed by atoms with Crippen LogP contribution < -0.4 is 10.6 Å². The molecule has 2 N–H and O–H groups in total. The summed E-state index contributed by atoms with van der Waals surface area (Å²) in [6.45, 7) is 0. The molecule has 1 unspecified atom stereocenters. The zero-order chi connectivity index (χ0) is 25.1. The number of nitriles is 1. The number of nitrogens with zero attached hydrogens (tertiary/aromatic N) is 4. The van der Waals surface area contributed by atoms with Crippen LogP contribution in [0.1, 0.15) is 11.5 Å². The minimum atomic E-state index is -0.940. The first-order chi connectivity index (χ1) is 16.9. The van der Waals surface area contributed by atoms with E-state index in [1.165, 1.54) is 19.1 Å². The lowest BCUT2D eigenvalue weighted by molar-refractivity contribution is -0.139. The van der Waals surface area contributed by atoms with Crippen LogP contribution >= 0.6 is 15.9 Å². The number of hydrogen-bond donors (Lipinski definition) is 1. The second kappa shape index (κ2) is 9.87. The highest BCUT2D eigenvalue weighted by Gasteiger charge is 2.43. The van der Waals surface area contributed by atoms with Crippen molar-refractivity contribution in [2.45, 2.75) is 5.92 Å². The van der Waals surface area contributed by atoms with E-state index in [0.29, 0.717) is 16.9 Å². The van der Waals surface area contributed by atoms with Gasteiger partial charge in [0.25, 0.3) is 0 Å². The largest absolute Gasteiger partial charge is 0.466 e. The third kappa shape index (κ3) is 4.18. The summed E-state index contributed by atoms with van der Waals surface area (Å²) >= 11 is 3.38. The van der Waals surface area contributed by atoms with Crippen LogP contribution in [0.25, 0.3) is 5.69 Å². The van der Waals surface area contributed by atoms with E-state index in [-0.39, 0.29) is 22.7 Å². The minimum Gasteiger partial charge on any atom is -0.466 e. The Morgan fingerprint density at radius 2 is 1.66 bits per heavy atom. The number of carbonyl (C=O) groups is 2. The van der Waals surface area contributed by atoms with Crippen molar-refractivity contribution in [3.05, 3.63) is 99.7 Å². The number of allylic oxidation sites excluding steroid dienone is 1. The predicted octanol–water partition coefficient (Wildman–Crippen LogP) is 3.53. The summed E-state index contributed by atoms with van der Waals surface area (Å²) in [5, 5.41) is 14.5. The van der Waals surface area contributed by atoms with Gasteiger partial charge in [-0.25, -0.2) is 14.3 Å². The normalized spacial score (nSPS) is 15.6. The lowest BCUT2D eigenvalue weighted by atomic mass is 9.81. The average molecular weight is 534 g/mol. The number of esters is 2. The first-order valence-corrected chi connectivity index (χ1v) is 11.2. The predicted molar refractivity (Wildman–Crippen MR) is 131 cm³/mol. The Bertz CT molecular complexity index is 1400. The van der Waals surface area contributed by atoms with Crippen molar-refractivity contribution >= 4 is 33.6 Å². The van der Waals surface area contributed by atoms with Crippen molar-refractivity contribution in [3.8, 4) is 11.8 Å². The molecule has 1 aliphatic rings. The van der Waals surface area contributed by atoms with E-state index in [9.17, 15) is 14.9 Å². The van der Waals surface area contributed by atoms with Crippen molar-refractivity contribution in [1.29, 1.82) is 5.26 Å². The first kappa shape index (κ1) is 23.8. The van der Waals surface area contributed by atoms with Gasteiger partial charge in [0, 0.05) is 6.20 Å². The van der Waals surface area contributed by atoms with E-state index in [4.69, 9.17) is 15.2 Å². The molecule has 0 bridgehead atoms. The molecule has 0 saturated heterocycles. The molecule has 0 amide bonds. The van der Waals surface area contributed by atoms with Crippen LogP contribution in [0, 0.1) is 11.3 Å². The van der Waals surface area contributed by atoms with Crippen LogP contribution in [0.15, 0.2) is 94.1 Å². The lowest BCUT2D eigenvalue weighted by Gasteiger charge is -2.36. The third-order valence-electron chi connectivity index (χ3n) is 5.53. The van der Waals surface area contributed by atoms with E-state index in [2.05, 4.69) is 27.1 Å². The van der Waals surface area contributed by atoms with Gasteiger partial charge in [-0.1, -0.05) is 42.5 Å². The van der Waals surface area contributed by atoms with Crippen molar-refractivity contribution in [1.82, 2.24) is 9.78 Å². The summed E-state index contributed by atoms with van der Waals surface area (Å²) in [5.41, 5.74) is 8.00. The van der Waals surface area contributed by atoms with Crippen molar-refractivity contribution < 1.29 is 19.1 Å². The molecule has 1 atom stereocenters. The van der Waals surface area contributed by atoms with Crippen LogP contribution in [0.2, 0.25) is 0 Å². The number of halogens is 1. The lowest BCUT2D eigenvalue weighted by Crippen LogP contribution is -2.41. The van der Waals surface area contributed by atoms with Gasteiger partial charge in [0.1, 0.15) is 11.5 Å². The SMILES string of the molecule is COC(=O)C1=C(C(=O)OC)N(c2ccccc2-n2cc(Br)cn2)C(N)=C(C#N)C1c1ccccc1. The van der Waals surface area contributed by atoms with Gasteiger partial charge in [0.15, 0.2) is 0 Å². The number of para-hydroxylation sites is 2. The van der Waals surface area contributed by atoms with Crippen LogP contribution in [-0.2, 0) is 19.1 Å². The van der Waals surface area contributed by atoms with Gasteiger partial charge in [0.2, 0.25) is 0 Å². The van der Waals surface area contributed by atoms with E-state index >= 15 is 0 Å². The van der Waals surface area contributed by atoms with Crippen molar-refractivity contribution in [2.75, 3.05) is 19.1 Å². The van der Waals surface area contributed by atoms with Gasteiger partial charge in [-0.15, -0.1) is 0 Å². The number of hydrogen-bond acceptors (Lipinski definition) is 8. The molecular formula is C25H20BrN5O4. The maximum Gasteiger partial charge on any atom is 0.355 e. The number of aromatic nitrogens is 2. The Morgan fingerprint density at radius 1 is 1.03 bits per heavy atom. The molecule has 0 radical (unpaired) electrons. The van der Waals surface area contributed by atoms with Gasteiger partial charge >= 0.3 is 11.9 Å². The summed E-state index contributed by atoms with van der Waals surface area (Å²) in [5.74, 6) is -2.57. The minimum absolute atomic E-state index is 0.0203. The molecule has 10 heteroatoms. The molecule has 0 aliphatic carbocycles. The molecule has 2 aromatic carbocycles. The van der Waals surface area contributed by atoms with Gasteiger partial charge in [-0.2, -0.15) is 10.4 Å². The quantitative estimate of drug-likeness (QED) is 0.494. The Hall–Kier alpha value is -4.36. The monoisotopic (exact) mass is 533 g/mol. The molecule has 0 fully saturated rings. The molecular weight excluding hydrogens is 514 g/mol. The molecule has 1 aromatic heterocycles. The summed E-state index contributed by atoms with van der Waals surface area (Å²) in [4.78, 5) is 27.8. The Balaban J connectivity index is 2.09. The maximum absolute atomic E-state index is 13.2. The summed E-state index contributed by atoms with van der Waals surface area (Å²) in [6.07, 6.45) is 3.33. The maximum atomic E-state index is 13.2. The van der Waals surface area contributed by atoms with Gasteiger partial charge < -0.3 is 15.2 Å². The number of ether oxygens (including phenoxy) is 2. The van der Waals surface area contributed by atoms with Gasteiger partial charge in [-0.05, 0) is 33.6 Å². The fourth-order valence-corrected chi connectivity index (χ4v) is 4.33. The molecule has 176 valence electrons. The van der Waals surface area contributed by atoms with Crippen LogP contribution in [0.5, 0.6) is 0 Å².